The lowest BCUT2D eigenvalue weighted by atomic mass is 10.1. The number of aliphatic hydroxyl groups is 1. The predicted molar refractivity (Wildman–Crippen MR) is 136 cm³/mol. The largest absolute Gasteiger partial charge is 0.507 e. The Labute approximate surface area is 197 Å². The first kappa shape index (κ1) is 22.7. The minimum absolute atomic E-state index is 0. The van der Waals surface area contributed by atoms with Crippen molar-refractivity contribution in [1.29, 1.82) is 0 Å². The minimum atomic E-state index is 0. The number of benzene rings is 1. The zero-order valence-corrected chi connectivity index (χ0v) is 19.8. The monoisotopic (exact) mass is 443 g/mol. The van der Waals surface area contributed by atoms with Crippen molar-refractivity contribution in [2.45, 2.75) is 53.4 Å². The third-order valence-electron chi connectivity index (χ3n) is 5.85. The Balaban J connectivity index is 0.00000105. The van der Waals surface area contributed by atoms with Crippen LogP contribution >= 0.6 is 0 Å². The highest BCUT2D eigenvalue weighted by atomic mass is 16.5. The average Bonchev–Trinajstić information content (AvgIpc) is 3.33. The summed E-state index contributed by atoms with van der Waals surface area (Å²) in [7, 11) is 0. The summed E-state index contributed by atoms with van der Waals surface area (Å²) >= 11 is 0. The van der Waals surface area contributed by atoms with Gasteiger partial charge in [-0.05, 0) is 84.7 Å². The van der Waals surface area contributed by atoms with E-state index in [0.29, 0.717) is 29.5 Å². The van der Waals surface area contributed by atoms with Crippen LogP contribution in [0.25, 0.3) is 5.76 Å². The molecule has 0 bridgehead atoms. The second kappa shape index (κ2) is 9.95. The van der Waals surface area contributed by atoms with Gasteiger partial charge in [-0.2, -0.15) is 4.98 Å². The normalized spacial score (nSPS) is 16.1. The lowest BCUT2D eigenvalue weighted by molar-refractivity contribution is 0.400. The molecule has 0 saturated heterocycles. The first-order valence-corrected chi connectivity index (χ1v) is 11.8. The molecule has 0 unspecified atom stereocenters. The number of pyridine rings is 1. The van der Waals surface area contributed by atoms with Gasteiger partial charge >= 0.3 is 0 Å². The molecule has 1 heterocycles. The van der Waals surface area contributed by atoms with Crippen molar-refractivity contribution in [3.05, 3.63) is 99.9 Å². The first-order valence-electron chi connectivity index (χ1n) is 11.8. The molecule has 4 nitrogen and oxygen atoms in total. The van der Waals surface area contributed by atoms with Crippen molar-refractivity contribution in [1.82, 2.24) is 4.98 Å². The summed E-state index contributed by atoms with van der Waals surface area (Å²) in [5.41, 5.74) is 6.26. The molecule has 0 aliphatic heterocycles. The first-order chi connectivity index (χ1) is 16.1. The number of allylic oxidation sites excluding steroid dienone is 8. The van der Waals surface area contributed by atoms with E-state index in [-0.39, 0.29) is 7.19 Å². The average molecular weight is 444 g/mol. The van der Waals surface area contributed by atoms with Crippen LogP contribution in [0.2, 0.25) is 0 Å². The summed E-state index contributed by atoms with van der Waals surface area (Å²) in [5, 5.41) is 10.8. The fourth-order valence-corrected chi connectivity index (χ4v) is 4.24. The Morgan fingerprint density at radius 2 is 1.97 bits per heavy atom. The molecule has 33 heavy (non-hydrogen) atoms. The molecule has 4 heteroatoms. The van der Waals surface area contributed by atoms with E-state index in [0.717, 1.165) is 41.7 Å². The molecule has 0 radical (unpaired) electrons. The molecule has 1 aromatic heterocycles. The highest BCUT2D eigenvalue weighted by Gasteiger charge is 2.27. The zero-order valence-electron chi connectivity index (χ0n) is 19.8. The van der Waals surface area contributed by atoms with Crippen LogP contribution in [0, 0.1) is 6.92 Å². The van der Waals surface area contributed by atoms with Gasteiger partial charge in [0.15, 0.2) is 0 Å². The quantitative estimate of drug-likeness (QED) is 0.506. The number of hydrogen-bond acceptors (Lipinski definition) is 4. The van der Waals surface area contributed by atoms with E-state index in [1.54, 1.807) is 0 Å². The maximum atomic E-state index is 10.8. The number of aliphatic hydroxyl groups excluding tert-OH is 1. The summed E-state index contributed by atoms with van der Waals surface area (Å²) in [6, 6.07) is 9.73. The molecule has 2 aromatic rings. The molecule has 3 aliphatic carbocycles. The van der Waals surface area contributed by atoms with Crippen molar-refractivity contribution < 1.29 is 16.0 Å². The third kappa shape index (κ3) is 4.80. The Hall–Kier alpha value is -3.53. The molecule has 1 aromatic carbocycles. The highest BCUT2D eigenvalue weighted by Crippen LogP contribution is 2.41. The minimum Gasteiger partial charge on any atom is -0.507 e. The maximum absolute atomic E-state index is 10.8. The standard InChI is InChI=1S/C27H25NO3.C2H6.H2/c1-3-18-14-21-16-24(30-23-12-6-9-19-8-5-10-20(19)15-23)28-27(25(21)26(18)29)31-22-11-4-7-17(2)13-22;1-2;/h4-5,7-9,11-13,15-16,29H,3,6,10,14H2,1-2H3;1-2H3;1H. The number of aryl methyl sites for hydroxylation is 1. The second-order valence-electron chi connectivity index (χ2n) is 8.08. The van der Waals surface area contributed by atoms with Crippen LogP contribution in [-0.4, -0.2) is 10.1 Å². The van der Waals surface area contributed by atoms with Gasteiger partial charge in [-0.3, -0.25) is 0 Å². The predicted octanol–water partition coefficient (Wildman–Crippen LogP) is 8.17. The Morgan fingerprint density at radius 1 is 1.12 bits per heavy atom. The fourth-order valence-electron chi connectivity index (χ4n) is 4.24. The maximum Gasteiger partial charge on any atom is 0.233 e. The number of ether oxygens (including phenoxy) is 2. The number of rotatable bonds is 5. The molecule has 0 fully saturated rings. The van der Waals surface area contributed by atoms with Crippen molar-refractivity contribution in [3.8, 4) is 17.5 Å². The van der Waals surface area contributed by atoms with Crippen molar-refractivity contribution in [3.63, 3.8) is 0 Å². The van der Waals surface area contributed by atoms with Crippen molar-refractivity contribution >= 4 is 5.76 Å². The van der Waals surface area contributed by atoms with Gasteiger partial charge in [0.1, 0.15) is 17.3 Å². The lowest BCUT2D eigenvalue weighted by Crippen LogP contribution is -2.01. The van der Waals surface area contributed by atoms with Gasteiger partial charge in [0, 0.05) is 7.49 Å². The van der Waals surface area contributed by atoms with Crippen molar-refractivity contribution in [2.75, 3.05) is 0 Å². The molecule has 1 N–H and O–H groups in total. The van der Waals surface area contributed by atoms with Gasteiger partial charge in [0.2, 0.25) is 11.8 Å². The van der Waals surface area contributed by atoms with E-state index in [1.165, 1.54) is 11.1 Å². The lowest BCUT2D eigenvalue weighted by Gasteiger charge is -2.14. The molecule has 0 atom stereocenters. The van der Waals surface area contributed by atoms with Crippen LogP contribution in [0.15, 0.2) is 83.2 Å². The Morgan fingerprint density at radius 3 is 2.76 bits per heavy atom. The van der Waals surface area contributed by atoms with E-state index in [2.05, 4.69) is 35.4 Å². The second-order valence-corrected chi connectivity index (χ2v) is 8.08. The van der Waals surface area contributed by atoms with Gasteiger partial charge < -0.3 is 14.6 Å². The summed E-state index contributed by atoms with van der Waals surface area (Å²) in [6.07, 6.45) is 13.9. The molecule has 172 valence electrons. The van der Waals surface area contributed by atoms with E-state index >= 15 is 0 Å². The van der Waals surface area contributed by atoms with E-state index in [4.69, 9.17) is 9.47 Å². The topological polar surface area (TPSA) is 51.6 Å². The molecule has 5 rings (SSSR count). The van der Waals surface area contributed by atoms with Crippen LogP contribution in [0.1, 0.15) is 58.2 Å². The zero-order chi connectivity index (χ0) is 23.4. The summed E-state index contributed by atoms with van der Waals surface area (Å²) in [6.45, 7) is 8.06. The molecule has 0 amide bonds. The van der Waals surface area contributed by atoms with Crippen LogP contribution in [-0.2, 0) is 6.42 Å². The number of fused-ring (bicyclic) bond motifs is 2. The number of aromatic nitrogens is 1. The fraction of sp³-hybridized carbons (Fsp3) is 0.276. The van der Waals surface area contributed by atoms with Crippen LogP contribution < -0.4 is 9.47 Å². The van der Waals surface area contributed by atoms with Crippen LogP contribution in [0.3, 0.4) is 0 Å². The van der Waals surface area contributed by atoms with Gasteiger partial charge in [0.05, 0.1) is 5.56 Å². The summed E-state index contributed by atoms with van der Waals surface area (Å²) < 4.78 is 12.4. The van der Waals surface area contributed by atoms with E-state index in [1.807, 2.05) is 58.0 Å². The van der Waals surface area contributed by atoms with E-state index < -0.39 is 0 Å². The number of nitrogens with zero attached hydrogens (tertiary/aromatic N) is 1. The SMILES string of the molecule is CC.CCC1=C(O)c2c(cc(OC3=CCC=C4C=CCC4=C3)nc2Oc2cccc(C)c2)C1.[HH]. The van der Waals surface area contributed by atoms with Crippen LogP contribution in [0.5, 0.6) is 17.5 Å². The third-order valence-corrected chi connectivity index (χ3v) is 5.85. The highest BCUT2D eigenvalue weighted by molar-refractivity contribution is 5.75. The Kier molecular flexibility index (Phi) is 6.83. The van der Waals surface area contributed by atoms with Crippen LogP contribution in [0.4, 0.5) is 0 Å². The van der Waals surface area contributed by atoms with Crippen molar-refractivity contribution in [2.24, 2.45) is 0 Å². The van der Waals surface area contributed by atoms with E-state index in [9.17, 15) is 5.11 Å². The van der Waals surface area contributed by atoms with Gasteiger partial charge in [0.25, 0.3) is 0 Å². The van der Waals surface area contributed by atoms with Gasteiger partial charge in [-0.15, -0.1) is 0 Å². The number of hydrogen-bond donors (Lipinski definition) is 1. The summed E-state index contributed by atoms with van der Waals surface area (Å²) in [5.74, 6) is 2.60. The summed E-state index contributed by atoms with van der Waals surface area (Å²) in [4.78, 5) is 4.66. The molecule has 0 spiro atoms. The molecular weight excluding hydrogens is 410 g/mol. The molecular formula is C29H33NO3. The molecule has 3 aliphatic rings. The van der Waals surface area contributed by atoms with Gasteiger partial charge in [-0.25, -0.2) is 0 Å². The smallest absolute Gasteiger partial charge is 0.233 e. The van der Waals surface area contributed by atoms with Gasteiger partial charge in [-0.1, -0.05) is 51.1 Å². The molecule has 0 saturated carbocycles. The Bertz CT molecular complexity index is 1220.